The highest BCUT2D eigenvalue weighted by molar-refractivity contribution is 9.10. The molecular formula is C15H12BrFO4. The Bertz CT molecular complexity index is 700. The summed E-state index contributed by atoms with van der Waals surface area (Å²) in [4.78, 5) is 11.0. The van der Waals surface area contributed by atoms with Crippen LogP contribution in [0.4, 0.5) is 4.39 Å². The Morgan fingerprint density at radius 1 is 1.14 bits per heavy atom. The van der Waals surface area contributed by atoms with E-state index in [1.54, 1.807) is 12.1 Å². The van der Waals surface area contributed by atoms with Crippen molar-refractivity contribution in [3.63, 3.8) is 0 Å². The van der Waals surface area contributed by atoms with Crippen LogP contribution in [-0.4, -0.2) is 25.3 Å². The van der Waals surface area contributed by atoms with Crippen molar-refractivity contribution in [2.24, 2.45) is 0 Å². The highest BCUT2D eigenvalue weighted by atomic mass is 79.9. The van der Waals surface area contributed by atoms with Crippen LogP contribution in [0.3, 0.4) is 0 Å². The van der Waals surface area contributed by atoms with Crippen molar-refractivity contribution in [3.8, 4) is 22.6 Å². The molecule has 0 amide bonds. The van der Waals surface area contributed by atoms with Gasteiger partial charge in [0.2, 0.25) is 0 Å². The average Bonchev–Trinajstić information content (AvgIpc) is 2.47. The van der Waals surface area contributed by atoms with Gasteiger partial charge in [0.25, 0.3) is 0 Å². The monoisotopic (exact) mass is 354 g/mol. The smallest absolute Gasteiger partial charge is 0.335 e. The molecule has 0 spiro atoms. The highest BCUT2D eigenvalue weighted by Gasteiger charge is 2.18. The van der Waals surface area contributed by atoms with E-state index in [1.165, 1.54) is 26.4 Å². The van der Waals surface area contributed by atoms with E-state index >= 15 is 0 Å². The highest BCUT2D eigenvalue weighted by Crippen LogP contribution is 2.42. The Hall–Kier alpha value is -2.08. The molecule has 0 saturated carbocycles. The molecule has 2 rings (SSSR count). The van der Waals surface area contributed by atoms with Gasteiger partial charge in [-0.05, 0) is 46.3 Å². The molecule has 0 aliphatic heterocycles. The summed E-state index contributed by atoms with van der Waals surface area (Å²) in [5.41, 5.74) is 0.585. The quantitative estimate of drug-likeness (QED) is 0.902. The fourth-order valence-electron chi connectivity index (χ4n) is 1.97. The van der Waals surface area contributed by atoms with Crippen molar-refractivity contribution < 1.29 is 23.8 Å². The summed E-state index contributed by atoms with van der Waals surface area (Å²) in [6.07, 6.45) is 0. The van der Waals surface area contributed by atoms with Crippen molar-refractivity contribution in [1.82, 2.24) is 0 Å². The maximum atomic E-state index is 14.1. The minimum Gasteiger partial charge on any atom is -0.495 e. The van der Waals surface area contributed by atoms with Crippen molar-refractivity contribution in [1.29, 1.82) is 0 Å². The fraction of sp³-hybridized carbons (Fsp3) is 0.133. The number of benzene rings is 2. The molecule has 21 heavy (non-hydrogen) atoms. The van der Waals surface area contributed by atoms with Crippen molar-refractivity contribution >= 4 is 21.9 Å². The van der Waals surface area contributed by atoms with E-state index in [2.05, 4.69) is 15.9 Å². The van der Waals surface area contributed by atoms with Crippen molar-refractivity contribution in [2.75, 3.05) is 14.2 Å². The van der Waals surface area contributed by atoms with Gasteiger partial charge in [-0.3, -0.25) is 0 Å². The minimum absolute atomic E-state index is 0.000364. The summed E-state index contributed by atoms with van der Waals surface area (Å²) < 4.78 is 25.0. The van der Waals surface area contributed by atoms with Crippen LogP contribution < -0.4 is 9.47 Å². The lowest BCUT2D eigenvalue weighted by Gasteiger charge is -2.14. The second-order valence-corrected chi connectivity index (χ2v) is 4.96. The molecule has 0 radical (unpaired) electrons. The van der Waals surface area contributed by atoms with Gasteiger partial charge in [-0.2, -0.15) is 0 Å². The summed E-state index contributed by atoms with van der Waals surface area (Å²) in [6.45, 7) is 0. The zero-order valence-corrected chi connectivity index (χ0v) is 12.9. The van der Waals surface area contributed by atoms with Gasteiger partial charge >= 0.3 is 5.97 Å². The topological polar surface area (TPSA) is 55.8 Å². The first kappa shape index (κ1) is 15.3. The van der Waals surface area contributed by atoms with E-state index in [4.69, 9.17) is 14.6 Å². The van der Waals surface area contributed by atoms with Crippen LogP contribution in [0.25, 0.3) is 11.1 Å². The first-order valence-electron chi connectivity index (χ1n) is 5.93. The Balaban J connectivity index is 2.69. The molecule has 0 unspecified atom stereocenters. The van der Waals surface area contributed by atoms with Crippen molar-refractivity contribution in [2.45, 2.75) is 0 Å². The van der Waals surface area contributed by atoms with Gasteiger partial charge in [0.1, 0.15) is 21.8 Å². The molecule has 0 aliphatic carbocycles. The van der Waals surface area contributed by atoms with E-state index in [1.807, 2.05) is 0 Å². The summed E-state index contributed by atoms with van der Waals surface area (Å²) in [5, 5.41) is 9.03. The van der Waals surface area contributed by atoms with Gasteiger partial charge in [0.15, 0.2) is 0 Å². The fourth-order valence-corrected chi connectivity index (χ4v) is 2.64. The maximum Gasteiger partial charge on any atom is 0.335 e. The largest absolute Gasteiger partial charge is 0.495 e. The predicted molar refractivity (Wildman–Crippen MR) is 79.6 cm³/mol. The van der Waals surface area contributed by atoms with Crippen LogP contribution in [0.5, 0.6) is 11.5 Å². The molecule has 2 aromatic rings. The lowest BCUT2D eigenvalue weighted by molar-refractivity contribution is 0.0697. The normalized spacial score (nSPS) is 10.3. The average molecular weight is 355 g/mol. The molecule has 0 saturated heterocycles. The first-order chi connectivity index (χ1) is 9.99. The third-order valence-electron chi connectivity index (χ3n) is 2.99. The van der Waals surface area contributed by atoms with Crippen LogP contribution >= 0.6 is 15.9 Å². The van der Waals surface area contributed by atoms with Gasteiger partial charge in [-0.15, -0.1) is 0 Å². The van der Waals surface area contributed by atoms with E-state index in [0.717, 1.165) is 6.07 Å². The lowest BCUT2D eigenvalue weighted by atomic mass is 10.0. The van der Waals surface area contributed by atoms with E-state index in [0.29, 0.717) is 21.5 Å². The molecule has 110 valence electrons. The number of carboxylic acids is 1. The molecule has 0 atom stereocenters. The third-order valence-corrected chi connectivity index (χ3v) is 3.74. The Morgan fingerprint density at radius 2 is 1.86 bits per heavy atom. The number of methoxy groups -OCH3 is 2. The Labute approximate surface area is 129 Å². The van der Waals surface area contributed by atoms with E-state index in [-0.39, 0.29) is 11.1 Å². The van der Waals surface area contributed by atoms with E-state index in [9.17, 15) is 9.18 Å². The van der Waals surface area contributed by atoms with Gasteiger partial charge in [-0.1, -0.05) is 0 Å². The number of hydrogen-bond acceptors (Lipinski definition) is 3. The second kappa shape index (κ2) is 6.13. The van der Waals surface area contributed by atoms with Crippen LogP contribution in [-0.2, 0) is 0 Å². The Kier molecular flexibility index (Phi) is 4.47. The van der Waals surface area contributed by atoms with Crippen LogP contribution in [0.15, 0.2) is 34.8 Å². The Morgan fingerprint density at radius 3 is 2.43 bits per heavy atom. The molecule has 0 aliphatic rings. The summed E-state index contributed by atoms with van der Waals surface area (Å²) in [7, 11) is 2.95. The number of rotatable bonds is 4. The van der Waals surface area contributed by atoms with Crippen LogP contribution in [0.1, 0.15) is 10.4 Å². The van der Waals surface area contributed by atoms with Gasteiger partial charge in [0.05, 0.1) is 19.8 Å². The molecule has 0 heterocycles. The molecule has 2 aromatic carbocycles. The molecule has 0 fully saturated rings. The third kappa shape index (κ3) is 2.85. The molecular weight excluding hydrogens is 343 g/mol. The molecule has 4 nitrogen and oxygen atoms in total. The standard InChI is InChI=1S/C15H12BrFO4/c1-20-12-6-4-9(14(21-2)13(12)16)10-7-8(15(18)19)3-5-11(10)17/h3-7H,1-2H3,(H,18,19). The molecule has 6 heteroatoms. The number of halogens is 2. The molecule has 0 bridgehead atoms. The summed E-state index contributed by atoms with van der Waals surface area (Å²) in [5.74, 6) is -0.751. The van der Waals surface area contributed by atoms with Gasteiger partial charge in [0, 0.05) is 11.1 Å². The molecule has 1 N–H and O–H groups in total. The number of carboxylic acid groups (broad SMARTS) is 1. The molecule has 0 aromatic heterocycles. The summed E-state index contributed by atoms with van der Waals surface area (Å²) in [6, 6.07) is 6.87. The zero-order valence-electron chi connectivity index (χ0n) is 11.3. The SMILES string of the molecule is COc1ccc(-c2cc(C(=O)O)ccc2F)c(OC)c1Br. The summed E-state index contributed by atoms with van der Waals surface area (Å²) >= 11 is 3.33. The van der Waals surface area contributed by atoms with Crippen molar-refractivity contribution in [3.05, 3.63) is 46.2 Å². The number of hydrogen-bond donors (Lipinski definition) is 1. The second-order valence-electron chi connectivity index (χ2n) is 4.16. The predicted octanol–water partition coefficient (Wildman–Crippen LogP) is 3.97. The number of ether oxygens (including phenoxy) is 2. The number of carbonyl (C=O) groups is 1. The van der Waals surface area contributed by atoms with Crippen LogP contribution in [0, 0.1) is 5.82 Å². The van der Waals surface area contributed by atoms with Gasteiger partial charge in [-0.25, -0.2) is 9.18 Å². The number of aromatic carboxylic acids is 1. The lowest BCUT2D eigenvalue weighted by Crippen LogP contribution is -1.99. The maximum absolute atomic E-state index is 14.1. The zero-order chi connectivity index (χ0) is 15.6. The minimum atomic E-state index is -1.12. The van der Waals surface area contributed by atoms with E-state index < -0.39 is 11.8 Å². The van der Waals surface area contributed by atoms with Crippen LogP contribution in [0.2, 0.25) is 0 Å². The first-order valence-corrected chi connectivity index (χ1v) is 6.72. The van der Waals surface area contributed by atoms with Gasteiger partial charge < -0.3 is 14.6 Å².